The van der Waals surface area contributed by atoms with Gasteiger partial charge >= 0.3 is 0 Å². The molecule has 0 bridgehead atoms. The highest BCUT2D eigenvalue weighted by Crippen LogP contribution is 2.17. The van der Waals surface area contributed by atoms with E-state index < -0.39 is 0 Å². The van der Waals surface area contributed by atoms with Gasteiger partial charge in [-0.05, 0) is 26.2 Å². The summed E-state index contributed by atoms with van der Waals surface area (Å²) >= 11 is 0. The average Bonchev–Trinajstić information content (AvgIpc) is 2.33. The predicted octanol–water partition coefficient (Wildman–Crippen LogP) is 2.42. The zero-order chi connectivity index (χ0) is 10.4. The Hall–Kier alpha value is -0.0800. The van der Waals surface area contributed by atoms with Gasteiger partial charge in [-0.25, -0.2) is 0 Å². The van der Waals surface area contributed by atoms with Crippen molar-refractivity contribution in [3.05, 3.63) is 0 Å². The molecular formula is C12H26N2. The van der Waals surface area contributed by atoms with Gasteiger partial charge in [-0.3, -0.25) is 0 Å². The second-order valence-electron chi connectivity index (χ2n) is 4.76. The molecule has 1 saturated carbocycles. The first kappa shape index (κ1) is 12.0. The minimum Gasteiger partial charge on any atom is -0.326 e. The number of nitrogens with one attached hydrogen (secondary N) is 1. The maximum Gasteiger partial charge on any atom is 0.0221 e. The summed E-state index contributed by atoms with van der Waals surface area (Å²) in [5.41, 5.74) is 6.16. The second-order valence-corrected chi connectivity index (χ2v) is 4.76. The summed E-state index contributed by atoms with van der Waals surface area (Å²) in [6.07, 6.45) is 9.05. The molecule has 3 atom stereocenters. The first-order chi connectivity index (χ1) is 6.74. The van der Waals surface area contributed by atoms with Gasteiger partial charge in [0, 0.05) is 18.1 Å². The van der Waals surface area contributed by atoms with Crippen LogP contribution in [0.3, 0.4) is 0 Å². The van der Waals surface area contributed by atoms with Crippen molar-refractivity contribution >= 4 is 0 Å². The Morgan fingerprint density at radius 3 is 2.71 bits per heavy atom. The molecule has 0 heterocycles. The topological polar surface area (TPSA) is 38.0 Å². The summed E-state index contributed by atoms with van der Waals surface area (Å²) in [4.78, 5) is 0. The monoisotopic (exact) mass is 198 g/mol. The van der Waals surface area contributed by atoms with Crippen molar-refractivity contribution in [2.75, 3.05) is 0 Å². The van der Waals surface area contributed by atoms with Crippen molar-refractivity contribution in [3.8, 4) is 0 Å². The van der Waals surface area contributed by atoms with Crippen LogP contribution in [0.25, 0.3) is 0 Å². The molecule has 1 aliphatic rings. The fraction of sp³-hybridized carbons (Fsp3) is 1.00. The molecule has 3 unspecified atom stereocenters. The van der Waals surface area contributed by atoms with E-state index in [9.17, 15) is 0 Å². The molecule has 3 N–H and O–H groups in total. The zero-order valence-electron chi connectivity index (χ0n) is 9.76. The Morgan fingerprint density at radius 1 is 1.29 bits per heavy atom. The van der Waals surface area contributed by atoms with Gasteiger partial charge in [-0.2, -0.15) is 0 Å². The highest BCUT2D eigenvalue weighted by atomic mass is 15.0. The Kier molecular flexibility index (Phi) is 5.49. The molecule has 0 aromatic rings. The molecule has 0 aliphatic heterocycles. The van der Waals surface area contributed by atoms with Crippen LogP contribution in [0.4, 0.5) is 0 Å². The van der Waals surface area contributed by atoms with Crippen molar-refractivity contribution in [2.24, 2.45) is 5.73 Å². The van der Waals surface area contributed by atoms with Gasteiger partial charge in [0.1, 0.15) is 0 Å². The van der Waals surface area contributed by atoms with Crippen LogP contribution < -0.4 is 11.1 Å². The summed E-state index contributed by atoms with van der Waals surface area (Å²) in [6.45, 7) is 4.52. The van der Waals surface area contributed by atoms with E-state index in [0.29, 0.717) is 18.1 Å². The van der Waals surface area contributed by atoms with Crippen molar-refractivity contribution in [3.63, 3.8) is 0 Å². The standard InChI is InChI=1S/C12H26N2/c1-3-7-10(2)14-12-9-6-4-5-8-11(12)13/h10-12,14H,3-9,13H2,1-2H3. The van der Waals surface area contributed by atoms with Gasteiger partial charge in [0.15, 0.2) is 0 Å². The molecule has 84 valence electrons. The molecule has 1 fully saturated rings. The summed E-state index contributed by atoms with van der Waals surface area (Å²) < 4.78 is 0. The minimum absolute atomic E-state index is 0.386. The first-order valence-electron chi connectivity index (χ1n) is 6.25. The number of rotatable bonds is 4. The number of nitrogens with two attached hydrogens (primary N) is 1. The van der Waals surface area contributed by atoms with Crippen LogP contribution >= 0.6 is 0 Å². The SMILES string of the molecule is CCCC(C)NC1CCCCCC1N. The molecule has 1 rings (SSSR count). The van der Waals surface area contributed by atoms with Crippen molar-refractivity contribution in [1.82, 2.24) is 5.32 Å². The van der Waals surface area contributed by atoms with Gasteiger partial charge in [0.05, 0.1) is 0 Å². The number of hydrogen-bond donors (Lipinski definition) is 2. The van der Waals surface area contributed by atoms with Crippen molar-refractivity contribution in [2.45, 2.75) is 76.9 Å². The van der Waals surface area contributed by atoms with Crippen LogP contribution in [-0.2, 0) is 0 Å². The van der Waals surface area contributed by atoms with Gasteiger partial charge in [0.25, 0.3) is 0 Å². The quantitative estimate of drug-likeness (QED) is 0.681. The van der Waals surface area contributed by atoms with Crippen LogP contribution in [0.15, 0.2) is 0 Å². The second kappa shape index (κ2) is 6.41. The normalized spacial score (nSPS) is 31.1. The Bertz CT molecular complexity index is 147. The third-order valence-corrected chi connectivity index (χ3v) is 3.29. The summed E-state index contributed by atoms with van der Waals surface area (Å²) in [5.74, 6) is 0. The third-order valence-electron chi connectivity index (χ3n) is 3.29. The van der Waals surface area contributed by atoms with Crippen molar-refractivity contribution in [1.29, 1.82) is 0 Å². The summed E-state index contributed by atoms with van der Waals surface area (Å²) in [6, 6.07) is 1.59. The smallest absolute Gasteiger partial charge is 0.0221 e. The lowest BCUT2D eigenvalue weighted by Crippen LogP contribution is -2.47. The van der Waals surface area contributed by atoms with Crippen LogP contribution in [-0.4, -0.2) is 18.1 Å². The lowest BCUT2D eigenvalue weighted by atomic mass is 10.0. The molecule has 0 spiro atoms. The highest BCUT2D eigenvalue weighted by molar-refractivity contribution is 4.83. The van der Waals surface area contributed by atoms with Gasteiger partial charge < -0.3 is 11.1 Å². The Morgan fingerprint density at radius 2 is 2.00 bits per heavy atom. The molecule has 0 aromatic carbocycles. The van der Waals surface area contributed by atoms with Gasteiger partial charge in [-0.15, -0.1) is 0 Å². The van der Waals surface area contributed by atoms with Gasteiger partial charge in [0.2, 0.25) is 0 Å². The molecule has 0 radical (unpaired) electrons. The summed E-state index contributed by atoms with van der Waals surface area (Å²) in [7, 11) is 0. The molecule has 1 aliphatic carbocycles. The van der Waals surface area contributed by atoms with Crippen LogP contribution in [0.1, 0.15) is 58.8 Å². The third kappa shape index (κ3) is 3.97. The molecule has 2 nitrogen and oxygen atoms in total. The van der Waals surface area contributed by atoms with E-state index in [1.165, 1.54) is 44.9 Å². The maximum absolute atomic E-state index is 6.16. The van der Waals surface area contributed by atoms with E-state index in [0.717, 1.165) is 0 Å². The lowest BCUT2D eigenvalue weighted by molar-refractivity contribution is 0.359. The van der Waals surface area contributed by atoms with E-state index in [2.05, 4.69) is 19.2 Å². The predicted molar refractivity (Wildman–Crippen MR) is 62.4 cm³/mol. The summed E-state index contributed by atoms with van der Waals surface area (Å²) in [5, 5.41) is 3.68. The average molecular weight is 198 g/mol. The first-order valence-corrected chi connectivity index (χ1v) is 6.25. The van der Waals surface area contributed by atoms with Gasteiger partial charge in [-0.1, -0.05) is 32.6 Å². The van der Waals surface area contributed by atoms with E-state index in [-0.39, 0.29) is 0 Å². The molecule has 0 amide bonds. The van der Waals surface area contributed by atoms with Crippen molar-refractivity contribution < 1.29 is 0 Å². The Balaban J connectivity index is 2.32. The zero-order valence-corrected chi connectivity index (χ0v) is 9.76. The van der Waals surface area contributed by atoms with E-state index in [1.807, 2.05) is 0 Å². The molecule has 0 aromatic heterocycles. The van der Waals surface area contributed by atoms with E-state index in [4.69, 9.17) is 5.73 Å². The van der Waals surface area contributed by atoms with Crippen LogP contribution in [0, 0.1) is 0 Å². The van der Waals surface area contributed by atoms with E-state index in [1.54, 1.807) is 0 Å². The van der Waals surface area contributed by atoms with Crippen LogP contribution in [0.2, 0.25) is 0 Å². The Labute approximate surface area is 88.6 Å². The fourth-order valence-corrected chi connectivity index (χ4v) is 2.43. The lowest BCUT2D eigenvalue weighted by Gasteiger charge is -2.26. The number of hydrogen-bond acceptors (Lipinski definition) is 2. The maximum atomic E-state index is 6.16. The fourth-order valence-electron chi connectivity index (χ4n) is 2.43. The molecular weight excluding hydrogens is 172 g/mol. The molecule has 0 saturated heterocycles. The molecule has 2 heteroatoms. The molecule has 14 heavy (non-hydrogen) atoms. The largest absolute Gasteiger partial charge is 0.326 e. The van der Waals surface area contributed by atoms with E-state index >= 15 is 0 Å². The minimum atomic E-state index is 0.386. The highest BCUT2D eigenvalue weighted by Gasteiger charge is 2.20. The van der Waals surface area contributed by atoms with Crippen LogP contribution in [0.5, 0.6) is 0 Å².